The number of aliphatic hydroxyl groups is 2. The third-order valence-corrected chi connectivity index (χ3v) is 17.9. The van der Waals surface area contributed by atoms with Gasteiger partial charge in [-0.2, -0.15) is 0 Å². The SMILES string of the molecule is CC/C=C\C/C=C\C/C=C\C/C=C\CCCCCCCCCCCCCCCCCCCCCCCCCCCCCCC(=O)NC(CO)C(O)CCCCCCCCCCCCCCCCCCCCCCCCCCCCCCC. The lowest BCUT2D eigenvalue weighted by Gasteiger charge is -2.22. The summed E-state index contributed by atoms with van der Waals surface area (Å²) in [5.41, 5.74) is 0. The lowest BCUT2D eigenvalue weighted by atomic mass is 10.0. The van der Waals surface area contributed by atoms with Crippen LogP contribution in [0.25, 0.3) is 0 Å². The molecule has 0 rings (SSSR count). The number of hydrogen-bond acceptors (Lipinski definition) is 3. The van der Waals surface area contributed by atoms with Crippen LogP contribution in [0.5, 0.6) is 0 Å². The minimum Gasteiger partial charge on any atom is -0.394 e. The number of amides is 1. The highest BCUT2D eigenvalue weighted by Crippen LogP contribution is 2.20. The van der Waals surface area contributed by atoms with Crippen LogP contribution in [0.4, 0.5) is 0 Å². The second kappa shape index (κ2) is 73.6. The Morgan fingerprint density at radius 2 is 0.537 bits per heavy atom. The molecule has 0 heterocycles. The third kappa shape index (κ3) is 69.1. The van der Waals surface area contributed by atoms with Gasteiger partial charge in [0.25, 0.3) is 0 Å². The molecule has 0 fully saturated rings. The Labute approximate surface area is 515 Å². The zero-order chi connectivity index (χ0) is 59.1. The topological polar surface area (TPSA) is 69.6 Å². The Morgan fingerprint density at radius 3 is 0.805 bits per heavy atom. The molecule has 0 aliphatic carbocycles. The highest BCUT2D eigenvalue weighted by Gasteiger charge is 2.20. The van der Waals surface area contributed by atoms with Crippen LogP contribution in [0, 0.1) is 0 Å². The fraction of sp³-hybridized carbons (Fsp3) is 0.885. The van der Waals surface area contributed by atoms with Gasteiger partial charge in [-0.15, -0.1) is 0 Å². The summed E-state index contributed by atoms with van der Waals surface area (Å²) in [7, 11) is 0. The minimum atomic E-state index is -0.660. The van der Waals surface area contributed by atoms with E-state index in [2.05, 4.69) is 67.8 Å². The molecule has 0 aliphatic rings. The Hall–Kier alpha value is -1.65. The van der Waals surface area contributed by atoms with E-state index in [9.17, 15) is 15.0 Å². The summed E-state index contributed by atoms with van der Waals surface area (Å²) >= 11 is 0. The van der Waals surface area contributed by atoms with Crippen LogP contribution < -0.4 is 5.32 Å². The predicted molar refractivity (Wildman–Crippen MR) is 368 cm³/mol. The lowest BCUT2D eigenvalue weighted by Crippen LogP contribution is -2.45. The van der Waals surface area contributed by atoms with Crippen LogP contribution in [0.1, 0.15) is 425 Å². The van der Waals surface area contributed by atoms with Gasteiger partial charge in [-0.3, -0.25) is 4.79 Å². The molecule has 2 atom stereocenters. The summed E-state index contributed by atoms with van der Waals surface area (Å²) in [6.07, 6.45) is 104. The number of unbranched alkanes of at least 4 members (excludes halogenated alkanes) is 56. The molecule has 1 amide bonds. The van der Waals surface area contributed by atoms with E-state index in [1.165, 1.54) is 347 Å². The number of rotatable bonds is 71. The van der Waals surface area contributed by atoms with Crippen molar-refractivity contribution < 1.29 is 15.0 Å². The zero-order valence-electron chi connectivity index (χ0n) is 56.0. The third-order valence-electron chi connectivity index (χ3n) is 17.9. The smallest absolute Gasteiger partial charge is 0.220 e. The van der Waals surface area contributed by atoms with Crippen molar-refractivity contribution >= 4 is 5.91 Å². The maximum Gasteiger partial charge on any atom is 0.220 e. The van der Waals surface area contributed by atoms with E-state index in [4.69, 9.17) is 0 Å². The number of aliphatic hydroxyl groups excluding tert-OH is 2. The van der Waals surface area contributed by atoms with Crippen molar-refractivity contribution in [1.29, 1.82) is 0 Å². The Morgan fingerprint density at radius 1 is 0.305 bits per heavy atom. The number of carbonyl (C=O) groups is 1. The van der Waals surface area contributed by atoms with E-state index in [1.807, 2.05) is 0 Å². The van der Waals surface area contributed by atoms with Crippen LogP contribution in [0.15, 0.2) is 48.6 Å². The Kier molecular flexibility index (Phi) is 72.1. The van der Waals surface area contributed by atoms with Gasteiger partial charge in [0.1, 0.15) is 0 Å². The second-order valence-corrected chi connectivity index (χ2v) is 26.1. The summed E-state index contributed by atoms with van der Waals surface area (Å²) < 4.78 is 0. The maximum absolute atomic E-state index is 12.6. The van der Waals surface area contributed by atoms with Gasteiger partial charge in [0.15, 0.2) is 0 Å². The van der Waals surface area contributed by atoms with E-state index in [1.54, 1.807) is 0 Å². The molecule has 2 unspecified atom stereocenters. The van der Waals surface area contributed by atoms with E-state index < -0.39 is 12.1 Å². The summed E-state index contributed by atoms with van der Waals surface area (Å²) in [5.74, 6) is -0.0211. The standard InChI is InChI=1S/C78H149NO3/c1-3-5-7-9-11-13-15-17-19-21-23-25-27-29-31-33-34-35-36-37-38-39-40-41-42-43-44-46-48-50-52-54-56-58-60-62-64-66-68-70-72-74-78(82)79-76(75-80)77(81)73-71-69-67-65-63-61-59-57-55-53-51-49-47-45-32-30-28-26-24-22-20-18-16-14-12-10-8-6-4-2/h5,7,11,13,17,19,23,25,76-77,80-81H,3-4,6,8-10,12,14-16,18,20-22,24,26-75H2,1-2H3,(H,79,82)/b7-5-,13-11-,19-17-,25-23-. The second-order valence-electron chi connectivity index (χ2n) is 26.1. The van der Waals surface area contributed by atoms with Crippen LogP contribution in [0.3, 0.4) is 0 Å². The van der Waals surface area contributed by atoms with E-state index in [0.717, 1.165) is 51.4 Å². The molecule has 3 N–H and O–H groups in total. The number of nitrogens with one attached hydrogen (secondary N) is 1. The zero-order valence-corrected chi connectivity index (χ0v) is 56.0. The first-order valence-corrected chi connectivity index (χ1v) is 37.8. The average Bonchev–Trinajstić information content (AvgIpc) is 3.50. The molecule has 82 heavy (non-hydrogen) atoms. The first-order valence-electron chi connectivity index (χ1n) is 37.8. The molecular formula is C78H149NO3. The van der Waals surface area contributed by atoms with Crippen LogP contribution in [0.2, 0.25) is 0 Å². The monoisotopic (exact) mass is 1150 g/mol. The summed E-state index contributed by atoms with van der Waals surface area (Å²) in [6.45, 7) is 4.29. The van der Waals surface area contributed by atoms with Crippen molar-refractivity contribution in [2.24, 2.45) is 0 Å². The molecule has 0 saturated carbocycles. The molecule has 0 aromatic rings. The van der Waals surface area contributed by atoms with Gasteiger partial charge < -0.3 is 15.5 Å². The highest BCUT2D eigenvalue weighted by atomic mass is 16.3. The normalized spacial score (nSPS) is 12.9. The fourth-order valence-corrected chi connectivity index (χ4v) is 12.2. The van der Waals surface area contributed by atoms with Crippen LogP contribution in [-0.2, 0) is 4.79 Å². The van der Waals surface area contributed by atoms with E-state index in [0.29, 0.717) is 12.8 Å². The maximum atomic E-state index is 12.6. The highest BCUT2D eigenvalue weighted by molar-refractivity contribution is 5.76. The molecule has 0 spiro atoms. The van der Waals surface area contributed by atoms with Crippen molar-refractivity contribution in [3.05, 3.63) is 48.6 Å². The molecule has 0 radical (unpaired) electrons. The molecule has 484 valence electrons. The molecular weight excluding hydrogens is 999 g/mol. The number of carbonyl (C=O) groups excluding carboxylic acids is 1. The number of hydrogen-bond donors (Lipinski definition) is 3. The quantitative estimate of drug-likeness (QED) is 0.0420. The van der Waals surface area contributed by atoms with Crippen molar-refractivity contribution in [2.75, 3.05) is 6.61 Å². The van der Waals surface area contributed by atoms with Crippen molar-refractivity contribution in [2.45, 2.75) is 437 Å². The molecule has 4 nitrogen and oxygen atoms in total. The Balaban J connectivity index is 3.36. The summed E-state index contributed by atoms with van der Waals surface area (Å²) in [5, 5.41) is 23.5. The van der Waals surface area contributed by atoms with Gasteiger partial charge in [-0.05, 0) is 51.4 Å². The Bertz CT molecular complexity index is 1300. The van der Waals surface area contributed by atoms with Crippen molar-refractivity contribution in [1.82, 2.24) is 5.32 Å². The first kappa shape index (κ1) is 80.3. The molecule has 4 heteroatoms. The van der Waals surface area contributed by atoms with Gasteiger partial charge in [0, 0.05) is 6.42 Å². The van der Waals surface area contributed by atoms with Gasteiger partial charge in [0.05, 0.1) is 18.8 Å². The van der Waals surface area contributed by atoms with Crippen LogP contribution in [-0.4, -0.2) is 34.9 Å². The largest absolute Gasteiger partial charge is 0.394 e. The van der Waals surface area contributed by atoms with Crippen molar-refractivity contribution in [3.8, 4) is 0 Å². The lowest BCUT2D eigenvalue weighted by molar-refractivity contribution is -0.123. The molecule has 0 saturated heterocycles. The predicted octanol–water partition coefficient (Wildman–Crippen LogP) is 26.1. The first-order chi connectivity index (χ1) is 40.7. The molecule has 0 aromatic carbocycles. The van der Waals surface area contributed by atoms with Crippen LogP contribution >= 0.6 is 0 Å². The van der Waals surface area contributed by atoms with Gasteiger partial charge in [-0.1, -0.05) is 416 Å². The number of allylic oxidation sites excluding steroid dienone is 8. The van der Waals surface area contributed by atoms with Gasteiger partial charge in [0.2, 0.25) is 5.91 Å². The molecule has 0 bridgehead atoms. The van der Waals surface area contributed by atoms with Gasteiger partial charge in [-0.25, -0.2) is 0 Å². The van der Waals surface area contributed by atoms with Crippen molar-refractivity contribution in [3.63, 3.8) is 0 Å². The minimum absolute atomic E-state index is 0.0211. The van der Waals surface area contributed by atoms with Gasteiger partial charge >= 0.3 is 0 Å². The molecule has 0 aliphatic heterocycles. The summed E-state index contributed by atoms with van der Waals surface area (Å²) in [4.78, 5) is 12.6. The average molecular weight is 1150 g/mol. The fourth-order valence-electron chi connectivity index (χ4n) is 12.2. The molecule has 0 aromatic heterocycles. The van der Waals surface area contributed by atoms with E-state index >= 15 is 0 Å². The van der Waals surface area contributed by atoms with E-state index in [-0.39, 0.29) is 12.5 Å². The summed E-state index contributed by atoms with van der Waals surface area (Å²) in [6, 6.07) is -0.536.